The smallest absolute Gasteiger partial charge is 0.161 e. The van der Waals surface area contributed by atoms with Crippen LogP contribution in [-0.4, -0.2) is 18.3 Å². The molecule has 0 unspecified atom stereocenters. The minimum atomic E-state index is -0.574. The maximum atomic E-state index is 9.91. The quantitative estimate of drug-likeness (QED) is 0.825. The summed E-state index contributed by atoms with van der Waals surface area (Å²) in [4.78, 5) is 0. The Kier molecular flexibility index (Phi) is 5.81. The molecule has 0 saturated heterocycles. The van der Waals surface area contributed by atoms with Gasteiger partial charge in [-0.2, -0.15) is 0 Å². The summed E-state index contributed by atoms with van der Waals surface area (Å²) in [6, 6.07) is 15.0. The zero-order valence-corrected chi connectivity index (χ0v) is 13.0. The van der Waals surface area contributed by atoms with E-state index in [1.165, 1.54) is 0 Å². The van der Waals surface area contributed by atoms with Crippen LogP contribution in [0, 0.1) is 0 Å². The van der Waals surface area contributed by atoms with Crippen LogP contribution in [0.15, 0.2) is 48.5 Å². The van der Waals surface area contributed by atoms with Crippen molar-refractivity contribution < 1.29 is 14.6 Å². The van der Waals surface area contributed by atoms with E-state index in [0.717, 1.165) is 11.1 Å². The Balaban J connectivity index is 2.17. The summed E-state index contributed by atoms with van der Waals surface area (Å²) in [5.41, 5.74) is 7.98. The van der Waals surface area contributed by atoms with E-state index in [9.17, 15) is 5.11 Å². The average molecular weight is 301 g/mol. The van der Waals surface area contributed by atoms with Crippen LogP contribution in [0.5, 0.6) is 11.5 Å². The second-order valence-corrected chi connectivity index (χ2v) is 5.19. The Hall–Kier alpha value is -2.04. The van der Waals surface area contributed by atoms with Gasteiger partial charge in [0, 0.05) is 0 Å². The van der Waals surface area contributed by atoms with E-state index >= 15 is 0 Å². The molecular formula is C18H23NO3. The Morgan fingerprint density at radius 3 is 2.45 bits per heavy atom. The minimum absolute atomic E-state index is 0.435. The number of rotatable bonds is 7. The molecule has 2 atom stereocenters. The van der Waals surface area contributed by atoms with E-state index in [0.29, 0.717) is 24.5 Å². The van der Waals surface area contributed by atoms with Crippen LogP contribution in [-0.2, 0) is 6.61 Å². The van der Waals surface area contributed by atoms with Gasteiger partial charge in [0.25, 0.3) is 0 Å². The normalized spacial score (nSPS) is 13.5. The maximum Gasteiger partial charge on any atom is 0.161 e. The van der Waals surface area contributed by atoms with Crippen molar-refractivity contribution >= 4 is 0 Å². The van der Waals surface area contributed by atoms with Crippen LogP contribution in [0.4, 0.5) is 0 Å². The van der Waals surface area contributed by atoms with Crippen LogP contribution in [0.1, 0.15) is 30.5 Å². The molecule has 4 nitrogen and oxygen atoms in total. The van der Waals surface area contributed by atoms with Gasteiger partial charge in [-0.25, -0.2) is 0 Å². The Morgan fingerprint density at radius 1 is 1.09 bits per heavy atom. The molecule has 22 heavy (non-hydrogen) atoms. The van der Waals surface area contributed by atoms with Crippen molar-refractivity contribution in [2.24, 2.45) is 5.73 Å². The Labute approximate surface area is 131 Å². The van der Waals surface area contributed by atoms with E-state index in [2.05, 4.69) is 0 Å². The van der Waals surface area contributed by atoms with Crippen molar-refractivity contribution in [2.75, 3.05) is 7.11 Å². The van der Waals surface area contributed by atoms with E-state index in [-0.39, 0.29) is 0 Å². The lowest BCUT2D eigenvalue weighted by molar-refractivity contribution is 0.140. The fraction of sp³-hybridized carbons (Fsp3) is 0.333. The average Bonchev–Trinajstić information content (AvgIpc) is 2.59. The third-order valence-electron chi connectivity index (χ3n) is 3.64. The molecule has 4 heteroatoms. The molecule has 0 amide bonds. The van der Waals surface area contributed by atoms with Crippen LogP contribution in [0.2, 0.25) is 0 Å². The second-order valence-electron chi connectivity index (χ2n) is 5.19. The number of ether oxygens (including phenoxy) is 2. The molecule has 0 aliphatic heterocycles. The van der Waals surface area contributed by atoms with Gasteiger partial charge in [0.1, 0.15) is 6.61 Å². The van der Waals surface area contributed by atoms with Gasteiger partial charge in [0.2, 0.25) is 0 Å². The molecular weight excluding hydrogens is 278 g/mol. The number of nitrogens with two attached hydrogens (primary N) is 1. The van der Waals surface area contributed by atoms with Crippen molar-refractivity contribution in [1.29, 1.82) is 0 Å². The Morgan fingerprint density at radius 2 is 1.82 bits per heavy atom. The summed E-state index contributed by atoms with van der Waals surface area (Å²) in [5, 5.41) is 9.91. The molecule has 3 N–H and O–H groups in total. The fourth-order valence-electron chi connectivity index (χ4n) is 2.22. The van der Waals surface area contributed by atoms with Gasteiger partial charge in [-0.3, -0.25) is 0 Å². The molecule has 0 radical (unpaired) electrons. The summed E-state index contributed by atoms with van der Waals surface area (Å²) in [5.74, 6) is 1.28. The number of benzene rings is 2. The summed E-state index contributed by atoms with van der Waals surface area (Å²) in [6.07, 6.45) is 0.0308. The third kappa shape index (κ3) is 4.00. The molecule has 2 aromatic rings. The molecule has 0 aromatic heterocycles. The molecule has 0 spiro atoms. The zero-order chi connectivity index (χ0) is 15.9. The molecule has 0 aliphatic carbocycles. The number of aliphatic hydroxyl groups is 1. The maximum absolute atomic E-state index is 9.91. The molecule has 2 rings (SSSR count). The van der Waals surface area contributed by atoms with Gasteiger partial charge in [0.05, 0.1) is 19.3 Å². The largest absolute Gasteiger partial charge is 0.493 e. The van der Waals surface area contributed by atoms with E-state index in [1.54, 1.807) is 7.11 Å². The van der Waals surface area contributed by atoms with E-state index in [4.69, 9.17) is 15.2 Å². The highest BCUT2D eigenvalue weighted by atomic mass is 16.5. The van der Waals surface area contributed by atoms with Gasteiger partial charge in [-0.15, -0.1) is 0 Å². The second kappa shape index (κ2) is 7.82. The van der Waals surface area contributed by atoms with Gasteiger partial charge < -0.3 is 20.3 Å². The van der Waals surface area contributed by atoms with Crippen molar-refractivity contribution in [3.63, 3.8) is 0 Å². The first-order valence-electron chi connectivity index (χ1n) is 7.44. The molecule has 0 saturated carbocycles. The third-order valence-corrected chi connectivity index (χ3v) is 3.64. The van der Waals surface area contributed by atoms with Crippen molar-refractivity contribution in [3.8, 4) is 11.5 Å². The van der Waals surface area contributed by atoms with Gasteiger partial charge >= 0.3 is 0 Å². The van der Waals surface area contributed by atoms with Crippen molar-refractivity contribution in [2.45, 2.75) is 32.1 Å². The lowest BCUT2D eigenvalue weighted by atomic mass is 10.0. The van der Waals surface area contributed by atoms with Crippen LogP contribution >= 0.6 is 0 Å². The van der Waals surface area contributed by atoms with Crippen molar-refractivity contribution in [3.05, 3.63) is 59.7 Å². The first-order chi connectivity index (χ1) is 10.7. The van der Waals surface area contributed by atoms with E-state index < -0.39 is 12.1 Å². The monoisotopic (exact) mass is 301 g/mol. The lowest BCUT2D eigenvalue weighted by Gasteiger charge is -2.19. The molecule has 0 heterocycles. The number of aliphatic hydroxyl groups excluding tert-OH is 1. The van der Waals surface area contributed by atoms with Gasteiger partial charge in [-0.05, 0) is 29.7 Å². The predicted molar refractivity (Wildman–Crippen MR) is 87.0 cm³/mol. The highest BCUT2D eigenvalue weighted by Gasteiger charge is 2.17. The van der Waals surface area contributed by atoms with Gasteiger partial charge in [-0.1, -0.05) is 43.3 Å². The highest BCUT2D eigenvalue weighted by molar-refractivity contribution is 5.44. The minimum Gasteiger partial charge on any atom is -0.493 e. The van der Waals surface area contributed by atoms with Gasteiger partial charge in [0.15, 0.2) is 11.5 Å². The van der Waals surface area contributed by atoms with Crippen LogP contribution in [0.25, 0.3) is 0 Å². The summed E-state index contributed by atoms with van der Waals surface area (Å²) in [7, 11) is 1.60. The number of hydrogen-bond donors (Lipinski definition) is 2. The molecule has 2 aromatic carbocycles. The molecule has 0 fully saturated rings. The SMILES string of the molecule is CC[C@H](O)[C@H](N)c1ccc(OC)c(OCc2ccccc2)c1. The Bertz CT molecular complexity index is 586. The number of hydrogen-bond acceptors (Lipinski definition) is 4. The lowest BCUT2D eigenvalue weighted by Crippen LogP contribution is -2.25. The molecule has 0 bridgehead atoms. The molecule has 118 valence electrons. The summed E-state index contributed by atoms with van der Waals surface area (Å²) >= 11 is 0. The molecule has 0 aliphatic rings. The first-order valence-corrected chi connectivity index (χ1v) is 7.44. The fourth-order valence-corrected chi connectivity index (χ4v) is 2.22. The number of methoxy groups -OCH3 is 1. The standard InChI is InChI=1S/C18H23NO3/c1-3-15(20)18(19)14-9-10-16(21-2)17(11-14)22-12-13-7-5-4-6-8-13/h4-11,15,18,20H,3,12,19H2,1-2H3/t15-,18+/m0/s1. The topological polar surface area (TPSA) is 64.7 Å². The zero-order valence-electron chi connectivity index (χ0n) is 13.0. The van der Waals surface area contributed by atoms with E-state index in [1.807, 2.05) is 55.5 Å². The summed E-state index contributed by atoms with van der Waals surface area (Å²) in [6.45, 7) is 2.35. The van der Waals surface area contributed by atoms with Crippen molar-refractivity contribution in [1.82, 2.24) is 0 Å². The van der Waals surface area contributed by atoms with Crippen LogP contribution in [0.3, 0.4) is 0 Å². The highest BCUT2D eigenvalue weighted by Crippen LogP contribution is 2.31. The first kappa shape index (κ1) is 16.3. The predicted octanol–water partition coefficient (Wildman–Crippen LogP) is 3.04. The van der Waals surface area contributed by atoms with Crippen LogP contribution < -0.4 is 15.2 Å². The summed E-state index contributed by atoms with van der Waals surface area (Å²) < 4.78 is 11.2.